The molecule has 0 aliphatic carbocycles. The summed E-state index contributed by atoms with van der Waals surface area (Å²) in [7, 11) is 1.71. The maximum absolute atomic E-state index is 9.97. The summed E-state index contributed by atoms with van der Waals surface area (Å²) in [5.41, 5.74) is 4.70. The smallest absolute Gasteiger partial charge is 0.161 e. The van der Waals surface area contributed by atoms with E-state index in [2.05, 4.69) is 45.2 Å². The Kier molecular flexibility index (Phi) is 5.02. The highest BCUT2D eigenvalue weighted by atomic mass is 16.5. The molecule has 1 saturated heterocycles. The van der Waals surface area contributed by atoms with Crippen LogP contribution in [-0.2, 0) is 12.1 Å². The van der Waals surface area contributed by atoms with E-state index in [9.17, 15) is 5.11 Å². The first-order valence-corrected chi connectivity index (χ1v) is 10.9. The number of phenols is 1. The monoisotopic (exact) mass is 419 g/mol. The van der Waals surface area contributed by atoms with Crippen LogP contribution < -0.4 is 14.8 Å². The molecule has 162 valence electrons. The number of anilines is 1. The number of phenolic OH excluding ortho intramolecular Hbond substituents is 1. The fourth-order valence-corrected chi connectivity index (χ4v) is 4.92. The molecule has 1 spiro atoms. The Morgan fingerprint density at radius 2 is 1.94 bits per heavy atom. The molecule has 3 heterocycles. The van der Waals surface area contributed by atoms with Crippen LogP contribution in [-0.4, -0.2) is 41.4 Å². The zero-order valence-corrected chi connectivity index (χ0v) is 18.1. The van der Waals surface area contributed by atoms with Crippen molar-refractivity contribution < 1.29 is 14.6 Å². The third kappa shape index (κ3) is 3.51. The lowest BCUT2D eigenvalue weighted by Gasteiger charge is -2.46. The minimum atomic E-state index is -0.0786. The first-order valence-electron chi connectivity index (χ1n) is 10.9. The minimum Gasteiger partial charge on any atom is -0.504 e. The van der Waals surface area contributed by atoms with Crippen molar-refractivity contribution in [2.24, 2.45) is 0 Å². The van der Waals surface area contributed by atoms with Gasteiger partial charge in [-0.3, -0.25) is 4.90 Å². The van der Waals surface area contributed by atoms with E-state index in [0.29, 0.717) is 12.4 Å². The predicted octanol–water partition coefficient (Wildman–Crippen LogP) is 4.51. The second-order valence-corrected chi connectivity index (χ2v) is 8.36. The number of hydrogen-bond acceptors (Lipinski definition) is 5. The van der Waals surface area contributed by atoms with Crippen molar-refractivity contribution in [1.82, 2.24) is 9.47 Å². The van der Waals surface area contributed by atoms with Crippen LogP contribution in [0.4, 0.5) is 5.69 Å². The molecule has 0 bridgehead atoms. The highest BCUT2D eigenvalue weighted by Gasteiger charge is 2.41. The molecule has 0 unspecified atom stereocenters. The fraction of sp³-hybridized carbons (Fsp3) is 0.360. The number of piperidine rings is 1. The van der Waals surface area contributed by atoms with Gasteiger partial charge in [-0.2, -0.15) is 0 Å². The number of hydrogen-bond donors (Lipinski definition) is 2. The second-order valence-electron chi connectivity index (χ2n) is 8.36. The molecule has 0 amide bonds. The summed E-state index contributed by atoms with van der Waals surface area (Å²) in [4.78, 5) is 2.48. The van der Waals surface area contributed by atoms with Gasteiger partial charge in [0.15, 0.2) is 11.5 Å². The number of ether oxygens (including phenoxy) is 2. The summed E-state index contributed by atoms with van der Waals surface area (Å²) in [6.45, 7) is 5.30. The zero-order chi connectivity index (χ0) is 21.4. The van der Waals surface area contributed by atoms with Gasteiger partial charge in [0.05, 0.1) is 30.6 Å². The van der Waals surface area contributed by atoms with E-state index in [4.69, 9.17) is 9.47 Å². The molecule has 2 N–H and O–H groups in total. The van der Waals surface area contributed by atoms with Crippen molar-refractivity contribution in [3.05, 3.63) is 66.0 Å². The predicted molar refractivity (Wildman–Crippen MR) is 121 cm³/mol. The van der Waals surface area contributed by atoms with E-state index in [0.717, 1.165) is 49.5 Å². The van der Waals surface area contributed by atoms with Crippen molar-refractivity contribution in [3.8, 4) is 22.9 Å². The number of rotatable bonds is 5. The Labute approximate surface area is 183 Å². The molecule has 2 aromatic carbocycles. The van der Waals surface area contributed by atoms with Crippen molar-refractivity contribution in [2.45, 2.75) is 31.8 Å². The molecule has 6 heteroatoms. The lowest BCUT2D eigenvalue weighted by Crippen LogP contribution is -2.49. The summed E-state index contributed by atoms with van der Waals surface area (Å²) < 4.78 is 13.3. The van der Waals surface area contributed by atoms with Gasteiger partial charge in [-0.1, -0.05) is 6.07 Å². The molecule has 2 aliphatic rings. The number of nitrogens with zero attached hydrogens (tertiary/aromatic N) is 2. The molecule has 31 heavy (non-hydrogen) atoms. The molecule has 6 nitrogen and oxygen atoms in total. The maximum atomic E-state index is 9.97. The van der Waals surface area contributed by atoms with Gasteiger partial charge in [0, 0.05) is 37.6 Å². The topological polar surface area (TPSA) is 58.9 Å². The van der Waals surface area contributed by atoms with Crippen LogP contribution in [0.25, 0.3) is 5.69 Å². The summed E-state index contributed by atoms with van der Waals surface area (Å²) in [6.07, 6.45) is 4.19. The number of fused-ring (bicyclic) bond motifs is 4. The number of nitrogens with one attached hydrogen (secondary N) is 1. The van der Waals surface area contributed by atoms with Crippen LogP contribution in [0.2, 0.25) is 0 Å². The molecular weight excluding hydrogens is 390 g/mol. The molecular formula is C25H29N3O3. The first kappa shape index (κ1) is 19.8. The third-order valence-electron chi connectivity index (χ3n) is 6.52. The number of methoxy groups -OCH3 is 1. The molecule has 1 aromatic heterocycles. The summed E-state index contributed by atoms with van der Waals surface area (Å²) >= 11 is 0. The van der Waals surface area contributed by atoms with Gasteiger partial charge in [-0.05, 0) is 61.7 Å². The van der Waals surface area contributed by atoms with E-state index >= 15 is 0 Å². The largest absolute Gasteiger partial charge is 0.504 e. The summed E-state index contributed by atoms with van der Waals surface area (Å²) in [6, 6.07) is 16.3. The lowest BCUT2D eigenvalue weighted by atomic mass is 9.82. The first-order chi connectivity index (χ1) is 15.1. The van der Waals surface area contributed by atoms with E-state index in [1.807, 2.05) is 25.1 Å². The zero-order valence-electron chi connectivity index (χ0n) is 18.1. The van der Waals surface area contributed by atoms with E-state index in [-0.39, 0.29) is 11.3 Å². The average molecular weight is 420 g/mol. The highest BCUT2D eigenvalue weighted by Crippen LogP contribution is 2.44. The molecule has 0 atom stereocenters. The van der Waals surface area contributed by atoms with E-state index in [1.165, 1.54) is 11.4 Å². The summed E-state index contributed by atoms with van der Waals surface area (Å²) in [5.74, 6) is 1.63. The third-order valence-corrected chi connectivity index (χ3v) is 6.52. The van der Waals surface area contributed by atoms with Gasteiger partial charge < -0.3 is 24.5 Å². The van der Waals surface area contributed by atoms with Crippen LogP contribution >= 0.6 is 0 Å². The van der Waals surface area contributed by atoms with Crippen molar-refractivity contribution >= 4 is 5.69 Å². The molecule has 3 aromatic rings. The molecule has 5 rings (SSSR count). The molecule has 0 radical (unpaired) electrons. The van der Waals surface area contributed by atoms with Crippen LogP contribution in [0.1, 0.15) is 31.0 Å². The van der Waals surface area contributed by atoms with Crippen LogP contribution in [0, 0.1) is 0 Å². The average Bonchev–Trinajstić information content (AvgIpc) is 3.29. The van der Waals surface area contributed by atoms with Crippen molar-refractivity contribution in [3.63, 3.8) is 0 Å². The van der Waals surface area contributed by atoms with Crippen LogP contribution in [0.5, 0.6) is 17.2 Å². The van der Waals surface area contributed by atoms with Gasteiger partial charge in [0.25, 0.3) is 0 Å². The Morgan fingerprint density at radius 3 is 2.71 bits per heavy atom. The van der Waals surface area contributed by atoms with Crippen LogP contribution in [0.3, 0.4) is 0 Å². The Morgan fingerprint density at radius 1 is 1.10 bits per heavy atom. The minimum absolute atomic E-state index is 0.0786. The number of likely N-dealkylation sites (tertiary alicyclic amines) is 1. The standard InChI is InChI=1S/C25H29N3O3/c1-3-31-23-15-18(6-9-22(23)29)17-27-13-10-25(11-14-27)24-5-4-12-28(24)21-8-7-19(30-2)16-20(21)26-25/h4-9,12,15-16,26,29H,3,10-11,13-14,17H2,1-2H3. The Balaban J connectivity index is 1.34. The lowest BCUT2D eigenvalue weighted by molar-refractivity contribution is 0.162. The Hall–Kier alpha value is -3.12. The molecule has 0 saturated carbocycles. The van der Waals surface area contributed by atoms with Crippen LogP contribution in [0.15, 0.2) is 54.7 Å². The maximum Gasteiger partial charge on any atom is 0.161 e. The number of benzene rings is 2. The van der Waals surface area contributed by atoms with Gasteiger partial charge in [-0.25, -0.2) is 0 Å². The highest BCUT2D eigenvalue weighted by molar-refractivity contribution is 5.69. The fourth-order valence-electron chi connectivity index (χ4n) is 4.92. The molecule has 1 fully saturated rings. The van der Waals surface area contributed by atoms with Gasteiger partial charge in [-0.15, -0.1) is 0 Å². The van der Waals surface area contributed by atoms with E-state index < -0.39 is 0 Å². The normalized spacial score (nSPS) is 17.0. The number of aromatic hydroxyl groups is 1. The summed E-state index contributed by atoms with van der Waals surface area (Å²) in [5, 5.41) is 13.8. The number of aromatic nitrogens is 1. The SMILES string of the molecule is CCOc1cc(CN2CCC3(CC2)Nc2cc(OC)ccc2-n2cccc23)ccc1O. The van der Waals surface area contributed by atoms with Crippen molar-refractivity contribution in [2.75, 3.05) is 32.1 Å². The molecule has 2 aliphatic heterocycles. The van der Waals surface area contributed by atoms with Gasteiger partial charge >= 0.3 is 0 Å². The van der Waals surface area contributed by atoms with E-state index in [1.54, 1.807) is 13.2 Å². The quantitative estimate of drug-likeness (QED) is 0.637. The second kappa shape index (κ2) is 7.85. The van der Waals surface area contributed by atoms with Gasteiger partial charge in [0.1, 0.15) is 5.75 Å². The van der Waals surface area contributed by atoms with Crippen molar-refractivity contribution in [1.29, 1.82) is 0 Å². The van der Waals surface area contributed by atoms with Gasteiger partial charge in [0.2, 0.25) is 0 Å². The Bertz CT molecular complexity index is 1080.